The third-order valence-corrected chi connectivity index (χ3v) is 8.80. The summed E-state index contributed by atoms with van der Waals surface area (Å²) in [5.41, 5.74) is -0.184. The van der Waals surface area contributed by atoms with E-state index < -0.39 is 6.10 Å². The Morgan fingerprint density at radius 3 is 2.64 bits per heavy atom. The Labute approximate surface area is 150 Å². The Morgan fingerprint density at radius 2 is 1.96 bits per heavy atom. The molecule has 0 heterocycles. The third kappa shape index (κ3) is 2.28. The molecular formula is C21H31NO3. The summed E-state index contributed by atoms with van der Waals surface area (Å²) in [6, 6.07) is 2.50. The maximum atomic E-state index is 13.4. The zero-order chi connectivity index (χ0) is 18.0. The van der Waals surface area contributed by atoms with Gasteiger partial charge in [0.15, 0.2) is 0 Å². The Morgan fingerprint density at radius 1 is 1.20 bits per heavy atom. The number of fused-ring (bicyclic) bond motifs is 5. The van der Waals surface area contributed by atoms with Crippen molar-refractivity contribution in [3.8, 4) is 6.07 Å². The van der Waals surface area contributed by atoms with E-state index in [1.54, 1.807) is 7.11 Å². The number of hydrogen-bond donors (Lipinski definition) is 1. The second-order valence-corrected chi connectivity index (χ2v) is 9.72. The normalized spacial score (nSPS) is 55.0. The standard InChI is InChI=1S/C21H31NO3/c1-20-9-17(24)19-14(15(20)7-5-13(20)11-22)6-4-12-8-16(23)18(25-3)10-21(12,19)2/h12-16,18-19,23H,4-10H2,1-3H3/t12-,13+,14-,15-,16-,18-,19+,20+,21-/m0/s1. The maximum absolute atomic E-state index is 13.4. The number of nitriles is 1. The molecule has 9 atom stereocenters. The van der Waals surface area contributed by atoms with Gasteiger partial charge in [0.25, 0.3) is 0 Å². The van der Waals surface area contributed by atoms with Crippen LogP contribution >= 0.6 is 0 Å². The van der Waals surface area contributed by atoms with Crippen LogP contribution in [0.2, 0.25) is 0 Å². The minimum absolute atomic E-state index is 0.0350. The average molecular weight is 345 g/mol. The van der Waals surface area contributed by atoms with E-state index in [4.69, 9.17) is 4.74 Å². The van der Waals surface area contributed by atoms with E-state index in [-0.39, 0.29) is 28.8 Å². The molecule has 0 spiro atoms. The lowest BCUT2D eigenvalue weighted by Crippen LogP contribution is -2.59. The maximum Gasteiger partial charge on any atom is 0.137 e. The molecule has 4 fully saturated rings. The van der Waals surface area contributed by atoms with Gasteiger partial charge in [0.05, 0.1) is 24.2 Å². The highest BCUT2D eigenvalue weighted by Crippen LogP contribution is 2.66. The number of ketones is 1. The van der Waals surface area contributed by atoms with Crippen molar-refractivity contribution in [3.05, 3.63) is 0 Å². The molecule has 0 amide bonds. The fourth-order valence-corrected chi connectivity index (χ4v) is 7.53. The van der Waals surface area contributed by atoms with E-state index in [0.717, 1.165) is 38.5 Å². The fraction of sp³-hybridized carbons (Fsp3) is 0.905. The van der Waals surface area contributed by atoms with E-state index in [2.05, 4.69) is 19.9 Å². The van der Waals surface area contributed by atoms with Gasteiger partial charge < -0.3 is 9.84 Å². The van der Waals surface area contributed by atoms with Gasteiger partial charge in [-0.2, -0.15) is 5.26 Å². The number of methoxy groups -OCH3 is 1. The molecule has 0 radical (unpaired) electrons. The number of rotatable bonds is 1. The van der Waals surface area contributed by atoms with Crippen LogP contribution in [0, 0.1) is 51.8 Å². The van der Waals surface area contributed by atoms with Gasteiger partial charge in [0.2, 0.25) is 0 Å². The second-order valence-electron chi connectivity index (χ2n) is 9.72. The van der Waals surface area contributed by atoms with E-state index in [0.29, 0.717) is 30.0 Å². The summed E-state index contributed by atoms with van der Waals surface area (Å²) >= 11 is 0. The van der Waals surface area contributed by atoms with E-state index in [1.807, 2.05) is 0 Å². The van der Waals surface area contributed by atoms with Gasteiger partial charge in [-0.25, -0.2) is 0 Å². The smallest absolute Gasteiger partial charge is 0.137 e. The van der Waals surface area contributed by atoms with Gasteiger partial charge in [0.1, 0.15) is 5.78 Å². The third-order valence-electron chi connectivity index (χ3n) is 8.80. The van der Waals surface area contributed by atoms with Crippen LogP contribution in [0.5, 0.6) is 0 Å². The Balaban J connectivity index is 1.69. The highest BCUT2D eigenvalue weighted by molar-refractivity contribution is 5.84. The molecule has 4 heteroatoms. The van der Waals surface area contributed by atoms with Crippen LogP contribution in [-0.4, -0.2) is 30.2 Å². The van der Waals surface area contributed by atoms with E-state index in [9.17, 15) is 15.2 Å². The monoisotopic (exact) mass is 345 g/mol. The summed E-state index contributed by atoms with van der Waals surface area (Å²) in [5.74, 6) is 1.84. The highest BCUT2D eigenvalue weighted by atomic mass is 16.5. The first-order chi connectivity index (χ1) is 11.8. The summed E-state index contributed by atoms with van der Waals surface area (Å²) in [4.78, 5) is 13.4. The summed E-state index contributed by atoms with van der Waals surface area (Å²) in [7, 11) is 1.67. The van der Waals surface area contributed by atoms with Gasteiger partial charge in [-0.3, -0.25) is 4.79 Å². The van der Waals surface area contributed by atoms with Crippen molar-refractivity contribution in [1.29, 1.82) is 5.26 Å². The predicted molar refractivity (Wildman–Crippen MR) is 93.4 cm³/mol. The zero-order valence-corrected chi connectivity index (χ0v) is 15.7. The number of ether oxygens (including phenoxy) is 1. The molecule has 138 valence electrons. The van der Waals surface area contributed by atoms with Crippen LogP contribution < -0.4 is 0 Å². The first-order valence-corrected chi connectivity index (χ1v) is 9.98. The fourth-order valence-electron chi connectivity index (χ4n) is 7.53. The van der Waals surface area contributed by atoms with Crippen molar-refractivity contribution < 1.29 is 14.6 Å². The van der Waals surface area contributed by atoms with Crippen molar-refractivity contribution >= 4 is 5.78 Å². The molecule has 0 aromatic carbocycles. The zero-order valence-electron chi connectivity index (χ0n) is 15.7. The van der Waals surface area contributed by atoms with Crippen LogP contribution in [-0.2, 0) is 9.53 Å². The molecule has 25 heavy (non-hydrogen) atoms. The molecule has 4 nitrogen and oxygen atoms in total. The van der Waals surface area contributed by atoms with Gasteiger partial charge in [-0.05, 0) is 67.1 Å². The number of aliphatic hydroxyl groups is 1. The number of aliphatic hydroxyl groups excluding tert-OH is 1. The van der Waals surface area contributed by atoms with E-state index >= 15 is 0 Å². The van der Waals surface area contributed by atoms with Crippen LogP contribution in [0.4, 0.5) is 0 Å². The quantitative estimate of drug-likeness (QED) is 0.791. The van der Waals surface area contributed by atoms with Gasteiger partial charge in [-0.15, -0.1) is 0 Å². The van der Waals surface area contributed by atoms with Gasteiger partial charge in [0, 0.05) is 19.4 Å². The SMILES string of the molecule is CO[C@H]1C[C@@]2(C)[C@@H](CC[C@H]3[C@@H]4CC[C@H](C#N)[C@@]4(C)CC(=O)[C@@H]32)C[C@@H]1O. The molecule has 0 aliphatic heterocycles. The molecular weight excluding hydrogens is 314 g/mol. The van der Waals surface area contributed by atoms with Crippen molar-refractivity contribution in [1.82, 2.24) is 0 Å². The molecule has 0 unspecified atom stereocenters. The molecule has 0 saturated heterocycles. The van der Waals surface area contributed by atoms with E-state index in [1.165, 1.54) is 0 Å². The Hall–Kier alpha value is -0.920. The Bertz CT molecular complexity index is 613. The molecule has 4 rings (SSSR count). The first-order valence-electron chi connectivity index (χ1n) is 9.98. The summed E-state index contributed by atoms with van der Waals surface area (Å²) < 4.78 is 5.57. The molecule has 0 aromatic heterocycles. The second kappa shape index (κ2) is 5.79. The van der Waals surface area contributed by atoms with Crippen molar-refractivity contribution in [2.45, 2.75) is 71.0 Å². The molecule has 4 aliphatic rings. The molecule has 0 bridgehead atoms. The largest absolute Gasteiger partial charge is 0.390 e. The summed E-state index contributed by atoms with van der Waals surface area (Å²) in [6.45, 7) is 4.48. The van der Waals surface area contributed by atoms with Crippen LogP contribution in [0.15, 0.2) is 0 Å². The number of carbonyl (C=O) groups excluding carboxylic acids is 1. The van der Waals surface area contributed by atoms with Crippen LogP contribution in [0.3, 0.4) is 0 Å². The molecule has 1 N–H and O–H groups in total. The Kier molecular flexibility index (Phi) is 4.05. The summed E-state index contributed by atoms with van der Waals surface area (Å²) in [5, 5.41) is 20.0. The molecule has 0 aromatic rings. The number of nitrogens with zero attached hydrogens (tertiary/aromatic N) is 1. The number of hydrogen-bond acceptors (Lipinski definition) is 4. The van der Waals surface area contributed by atoms with Crippen LogP contribution in [0.25, 0.3) is 0 Å². The molecule has 4 saturated carbocycles. The first kappa shape index (κ1) is 17.5. The lowest BCUT2D eigenvalue weighted by molar-refractivity contribution is -0.175. The minimum atomic E-state index is -0.405. The minimum Gasteiger partial charge on any atom is -0.390 e. The van der Waals surface area contributed by atoms with Crippen molar-refractivity contribution in [3.63, 3.8) is 0 Å². The lowest BCUT2D eigenvalue weighted by atomic mass is 9.44. The van der Waals surface area contributed by atoms with Crippen molar-refractivity contribution in [2.75, 3.05) is 7.11 Å². The van der Waals surface area contributed by atoms with Crippen molar-refractivity contribution in [2.24, 2.45) is 40.4 Å². The van der Waals surface area contributed by atoms with Crippen LogP contribution in [0.1, 0.15) is 58.8 Å². The average Bonchev–Trinajstić information content (AvgIpc) is 2.90. The highest BCUT2D eigenvalue weighted by Gasteiger charge is 2.64. The molecule has 4 aliphatic carbocycles. The topological polar surface area (TPSA) is 70.3 Å². The predicted octanol–water partition coefficient (Wildman–Crippen LogP) is 3.33. The summed E-state index contributed by atoms with van der Waals surface area (Å²) in [6.07, 6.45) is 5.78. The lowest BCUT2D eigenvalue weighted by Gasteiger charge is -2.60. The van der Waals surface area contributed by atoms with Gasteiger partial charge >= 0.3 is 0 Å². The number of carbonyl (C=O) groups is 1. The number of Topliss-reactive ketones (excluding diaryl/α,β-unsaturated/α-hetero) is 1. The van der Waals surface area contributed by atoms with Gasteiger partial charge in [-0.1, -0.05) is 13.8 Å².